The Kier molecular flexibility index (Phi) is 4.07. The van der Waals surface area contributed by atoms with Crippen LogP contribution in [-0.2, 0) is 13.5 Å². The van der Waals surface area contributed by atoms with Gasteiger partial charge in [-0.05, 0) is 24.1 Å². The number of aryl methyl sites for hydroxylation is 2. The zero-order valence-electron chi connectivity index (χ0n) is 12.6. The van der Waals surface area contributed by atoms with Gasteiger partial charge < -0.3 is 9.64 Å². The van der Waals surface area contributed by atoms with Gasteiger partial charge in [0.25, 0.3) is 5.91 Å². The van der Waals surface area contributed by atoms with Crippen LogP contribution < -0.4 is 4.74 Å². The van der Waals surface area contributed by atoms with E-state index in [0.717, 1.165) is 12.2 Å². The van der Waals surface area contributed by atoms with Crippen LogP contribution in [0.1, 0.15) is 23.0 Å². The molecule has 6 heteroatoms. The third-order valence-corrected chi connectivity index (χ3v) is 4.12. The largest absolute Gasteiger partial charge is 0.487 e. The lowest BCUT2D eigenvalue weighted by Crippen LogP contribution is -2.56. The molecular formula is C16H18ClN3O2. The molecule has 5 nitrogen and oxygen atoms in total. The van der Waals surface area contributed by atoms with Crippen molar-refractivity contribution in [2.75, 3.05) is 13.1 Å². The number of carbonyl (C=O) groups is 1. The second-order valence-electron chi connectivity index (χ2n) is 5.42. The van der Waals surface area contributed by atoms with E-state index in [1.807, 2.05) is 18.2 Å². The van der Waals surface area contributed by atoms with Crippen LogP contribution in [0.4, 0.5) is 0 Å². The van der Waals surface area contributed by atoms with Gasteiger partial charge in [0.2, 0.25) is 0 Å². The van der Waals surface area contributed by atoms with Gasteiger partial charge in [0.15, 0.2) is 0 Å². The molecule has 0 N–H and O–H groups in total. The number of amides is 1. The molecule has 0 atom stereocenters. The Labute approximate surface area is 134 Å². The third-order valence-electron chi connectivity index (χ3n) is 3.84. The number of likely N-dealkylation sites (tertiary alicyclic amines) is 1. The van der Waals surface area contributed by atoms with E-state index in [0.29, 0.717) is 23.8 Å². The number of ether oxygens (including phenoxy) is 1. The lowest BCUT2D eigenvalue weighted by molar-refractivity contribution is 0.0169. The van der Waals surface area contributed by atoms with Gasteiger partial charge in [-0.1, -0.05) is 30.7 Å². The zero-order chi connectivity index (χ0) is 15.7. The van der Waals surface area contributed by atoms with E-state index in [1.165, 1.54) is 16.4 Å². The molecular weight excluding hydrogens is 302 g/mol. The first-order valence-electron chi connectivity index (χ1n) is 7.31. The van der Waals surface area contributed by atoms with Crippen molar-refractivity contribution in [2.45, 2.75) is 19.4 Å². The van der Waals surface area contributed by atoms with Crippen LogP contribution in [0.3, 0.4) is 0 Å². The number of halogens is 1. The first-order chi connectivity index (χ1) is 10.6. The fraction of sp³-hybridized carbons (Fsp3) is 0.375. The SMILES string of the molecule is CCc1cccc(OC2CN(C(=O)c3c(Cl)cnn3C)C2)c1. The summed E-state index contributed by atoms with van der Waals surface area (Å²) >= 11 is 6.00. The van der Waals surface area contributed by atoms with Gasteiger partial charge in [0.05, 0.1) is 24.3 Å². The van der Waals surface area contributed by atoms with Crippen LogP contribution >= 0.6 is 11.6 Å². The van der Waals surface area contributed by atoms with Crippen LogP contribution in [0.25, 0.3) is 0 Å². The normalized spacial score (nSPS) is 14.8. The van der Waals surface area contributed by atoms with Crippen LogP contribution in [-0.4, -0.2) is 39.8 Å². The van der Waals surface area contributed by atoms with Gasteiger partial charge in [0.1, 0.15) is 17.5 Å². The highest BCUT2D eigenvalue weighted by molar-refractivity contribution is 6.33. The highest BCUT2D eigenvalue weighted by Crippen LogP contribution is 2.23. The van der Waals surface area contributed by atoms with Crippen LogP contribution in [0, 0.1) is 0 Å². The van der Waals surface area contributed by atoms with Crippen LogP contribution in [0.2, 0.25) is 5.02 Å². The molecule has 1 amide bonds. The number of hydrogen-bond acceptors (Lipinski definition) is 3. The molecule has 2 aromatic rings. The van der Waals surface area contributed by atoms with E-state index < -0.39 is 0 Å². The van der Waals surface area contributed by atoms with Gasteiger partial charge >= 0.3 is 0 Å². The number of aromatic nitrogens is 2. The zero-order valence-corrected chi connectivity index (χ0v) is 13.4. The van der Waals surface area contributed by atoms with Crippen molar-refractivity contribution < 1.29 is 9.53 Å². The summed E-state index contributed by atoms with van der Waals surface area (Å²) in [5.41, 5.74) is 1.67. The Balaban J connectivity index is 1.59. The summed E-state index contributed by atoms with van der Waals surface area (Å²) in [4.78, 5) is 14.1. The van der Waals surface area contributed by atoms with Crippen molar-refractivity contribution >= 4 is 17.5 Å². The van der Waals surface area contributed by atoms with Crippen LogP contribution in [0.15, 0.2) is 30.5 Å². The van der Waals surface area contributed by atoms with Crippen LogP contribution in [0.5, 0.6) is 5.75 Å². The van der Waals surface area contributed by atoms with E-state index >= 15 is 0 Å². The maximum Gasteiger partial charge on any atom is 0.273 e. The average Bonchev–Trinajstić information content (AvgIpc) is 2.81. The summed E-state index contributed by atoms with van der Waals surface area (Å²) in [6, 6.07) is 8.06. The summed E-state index contributed by atoms with van der Waals surface area (Å²) in [5.74, 6) is 0.752. The number of carbonyl (C=O) groups excluding carboxylic acids is 1. The van der Waals surface area contributed by atoms with Crippen molar-refractivity contribution in [3.63, 3.8) is 0 Å². The van der Waals surface area contributed by atoms with Gasteiger partial charge in [-0.25, -0.2) is 0 Å². The first kappa shape index (κ1) is 14.9. The summed E-state index contributed by atoms with van der Waals surface area (Å²) in [5, 5.41) is 4.37. The Morgan fingerprint density at radius 3 is 2.86 bits per heavy atom. The van der Waals surface area contributed by atoms with Crippen molar-refractivity contribution in [3.8, 4) is 5.75 Å². The fourth-order valence-corrected chi connectivity index (χ4v) is 2.76. The standard InChI is InChI=1S/C16H18ClN3O2/c1-3-11-5-4-6-12(7-11)22-13-9-20(10-13)16(21)15-14(17)8-18-19(15)2/h4-8,13H,3,9-10H2,1-2H3. The molecule has 1 aliphatic heterocycles. The maximum absolute atomic E-state index is 12.4. The Morgan fingerprint density at radius 1 is 1.45 bits per heavy atom. The molecule has 0 bridgehead atoms. The molecule has 2 heterocycles. The van der Waals surface area contributed by atoms with Crippen molar-refractivity contribution in [3.05, 3.63) is 46.7 Å². The second-order valence-corrected chi connectivity index (χ2v) is 5.82. The molecule has 0 spiro atoms. The van der Waals surface area contributed by atoms with Gasteiger partial charge in [0, 0.05) is 7.05 Å². The Hall–Kier alpha value is -2.01. The molecule has 116 valence electrons. The summed E-state index contributed by atoms with van der Waals surface area (Å²) in [7, 11) is 1.71. The predicted octanol–water partition coefficient (Wildman–Crippen LogP) is 2.54. The summed E-state index contributed by atoms with van der Waals surface area (Å²) < 4.78 is 7.41. The van der Waals surface area contributed by atoms with E-state index in [-0.39, 0.29) is 12.0 Å². The van der Waals surface area contributed by atoms with Gasteiger partial charge in [-0.3, -0.25) is 9.48 Å². The predicted molar refractivity (Wildman–Crippen MR) is 84.4 cm³/mol. The minimum atomic E-state index is -0.104. The van der Waals surface area contributed by atoms with E-state index in [2.05, 4.69) is 18.1 Å². The molecule has 1 aromatic carbocycles. The monoisotopic (exact) mass is 319 g/mol. The number of nitrogens with zero attached hydrogens (tertiary/aromatic N) is 3. The summed E-state index contributed by atoms with van der Waals surface area (Å²) in [6.45, 7) is 3.24. The van der Waals surface area contributed by atoms with Gasteiger partial charge in [-0.2, -0.15) is 5.10 Å². The van der Waals surface area contributed by atoms with Crippen molar-refractivity contribution in [1.82, 2.24) is 14.7 Å². The lowest BCUT2D eigenvalue weighted by atomic mass is 10.1. The maximum atomic E-state index is 12.4. The second kappa shape index (κ2) is 6.01. The minimum absolute atomic E-state index is 0.0306. The molecule has 1 saturated heterocycles. The highest BCUT2D eigenvalue weighted by atomic mass is 35.5. The number of rotatable bonds is 4. The van der Waals surface area contributed by atoms with E-state index in [9.17, 15) is 4.79 Å². The Bertz CT molecular complexity index is 673. The number of benzene rings is 1. The molecule has 1 fully saturated rings. The molecule has 1 aliphatic rings. The quantitative estimate of drug-likeness (QED) is 0.870. The molecule has 0 unspecified atom stereocenters. The number of hydrogen-bond donors (Lipinski definition) is 0. The van der Waals surface area contributed by atoms with Crippen molar-refractivity contribution in [1.29, 1.82) is 0 Å². The lowest BCUT2D eigenvalue weighted by Gasteiger charge is -2.38. The van der Waals surface area contributed by atoms with E-state index in [4.69, 9.17) is 16.3 Å². The molecule has 0 radical (unpaired) electrons. The molecule has 22 heavy (non-hydrogen) atoms. The average molecular weight is 320 g/mol. The summed E-state index contributed by atoms with van der Waals surface area (Å²) in [6.07, 6.45) is 2.49. The molecule has 1 aromatic heterocycles. The van der Waals surface area contributed by atoms with Gasteiger partial charge in [-0.15, -0.1) is 0 Å². The molecule has 0 aliphatic carbocycles. The minimum Gasteiger partial charge on any atom is -0.487 e. The molecule has 3 rings (SSSR count). The van der Waals surface area contributed by atoms with E-state index in [1.54, 1.807) is 11.9 Å². The third kappa shape index (κ3) is 2.81. The molecule has 0 saturated carbocycles. The topological polar surface area (TPSA) is 47.4 Å². The fourth-order valence-electron chi connectivity index (χ4n) is 2.51. The Morgan fingerprint density at radius 2 is 2.23 bits per heavy atom. The highest BCUT2D eigenvalue weighted by Gasteiger charge is 2.35. The van der Waals surface area contributed by atoms with Crippen molar-refractivity contribution in [2.24, 2.45) is 7.05 Å². The smallest absolute Gasteiger partial charge is 0.273 e. The first-order valence-corrected chi connectivity index (χ1v) is 7.68.